The summed E-state index contributed by atoms with van der Waals surface area (Å²) in [5.74, 6) is -13.6. The zero-order chi connectivity index (χ0) is 81.5. The third-order valence-corrected chi connectivity index (χ3v) is 18.0. The number of primary amides is 1. The van der Waals surface area contributed by atoms with E-state index in [4.69, 9.17) is 20.9 Å². The molecule has 2 unspecified atom stereocenters. The standard InChI is InChI=1S/C74H99FN18O18/c1-8-45-33-50(110-7)26-27-51(45)46-22-18-44(19-23-46)32-54(65(102)82-53(63(77)100)17-13-14-43-20-24-49(25-21-43)111-31-12-11-29-76)83-66(103)56(35-60(98)99)84-67(104)57(39-94)85-68(105)61(41(2)95)88-72(109)74(6,36-47-15-9-10-16-52(47)75)89-69(106)62(42(3)96)87-59(97)38-80-64(101)55(34-58-90-92-93-91-58)86-71(108)73(4,5)70(107)79-30-28-48-37-78-40-81-48/h9-10,15-16,18-27,33,37,40-42,53-57,61-62,94-96H,8,11-14,17,28-32,34-36,38-39,76H2,1-7H3,(H2,77,100)(H,78,81)(H,79,107)(H,80,101)(H,82,102)(H,83,103)(H,84,104)(H,85,105)(H,86,108)(H,87,97)(H,88,109)(H,89,106)(H,98,99)(H,90,91,92,93)/t41-,42-,53+,54+,55+,56?,57?,61+,62+,74+/m1/s1. The Morgan fingerprint density at radius 1 is 0.649 bits per heavy atom. The van der Waals surface area contributed by atoms with Crippen molar-refractivity contribution in [2.45, 2.75) is 172 Å². The number of carbonyl (C=O) groups excluding carboxylic acids is 11. The lowest BCUT2D eigenvalue weighted by Crippen LogP contribution is -2.67. The molecule has 111 heavy (non-hydrogen) atoms. The number of methoxy groups -OCH3 is 1. The van der Waals surface area contributed by atoms with Gasteiger partial charge in [-0.2, -0.15) is 5.21 Å². The van der Waals surface area contributed by atoms with Gasteiger partial charge >= 0.3 is 5.97 Å². The van der Waals surface area contributed by atoms with Crippen LogP contribution >= 0.6 is 0 Å². The molecule has 11 amide bonds. The number of aryl methyl sites for hydroxylation is 2. The molecular weight excluding hydrogens is 1450 g/mol. The number of benzene rings is 4. The van der Waals surface area contributed by atoms with Gasteiger partial charge in [-0.05, 0) is 143 Å². The molecule has 6 rings (SSSR count). The predicted octanol–water partition coefficient (Wildman–Crippen LogP) is -2.05. The van der Waals surface area contributed by atoms with Crippen molar-refractivity contribution < 1.29 is 91.8 Å². The molecule has 2 aromatic heterocycles. The van der Waals surface area contributed by atoms with Gasteiger partial charge in [0.25, 0.3) is 0 Å². The number of nitrogens with zero attached hydrogens (tertiary/aromatic N) is 4. The number of aliphatic hydroxyl groups is 3. The lowest BCUT2D eigenvalue weighted by Gasteiger charge is -2.34. The number of aromatic amines is 2. The third-order valence-electron chi connectivity index (χ3n) is 18.0. The molecular formula is C74H99FN18O18. The molecule has 0 aliphatic carbocycles. The number of carbonyl (C=O) groups is 12. The van der Waals surface area contributed by atoms with E-state index >= 15 is 4.39 Å². The van der Waals surface area contributed by atoms with Crippen molar-refractivity contribution in [1.82, 2.24) is 83.8 Å². The lowest BCUT2D eigenvalue weighted by molar-refractivity contribution is -0.143. The summed E-state index contributed by atoms with van der Waals surface area (Å²) in [7, 11) is 1.55. The van der Waals surface area contributed by atoms with E-state index in [0.717, 1.165) is 61.9 Å². The maximum Gasteiger partial charge on any atom is 0.305 e. The van der Waals surface area contributed by atoms with Crippen LogP contribution in [0.4, 0.5) is 4.39 Å². The number of nitrogens with two attached hydrogens (primary N) is 2. The number of aromatic nitrogens is 6. The monoisotopic (exact) mass is 1550 g/mol. The van der Waals surface area contributed by atoms with Gasteiger partial charge in [0, 0.05) is 44.1 Å². The number of halogens is 1. The summed E-state index contributed by atoms with van der Waals surface area (Å²) in [6.07, 6.45) is 0.198. The average Bonchev–Trinajstić information content (AvgIpc) is 1.01. The SMILES string of the molecule is CCc1cc(OC)ccc1-c1ccc(C[C@H](NC(=O)C(CC(=O)O)NC(=O)C(CO)NC(=O)[C@@H](NC(=O)[C@](C)(Cc2ccccc2F)NC(=O)[C@@H](NC(=O)CNC(=O)[C@H](Cc2nn[nH]n2)NC(=O)C(C)(C)C(=O)NCCc2cnc[nH]2)[C@@H](C)O)[C@@H](C)O)C(=O)N[C@@H](CCCc2ccc(OCCCCN)cc2)C(N)=O)cc1. The van der Waals surface area contributed by atoms with E-state index in [1.165, 1.54) is 38.4 Å². The molecule has 600 valence electrons. The van der Waals surface area contributed by atoms with Crippen molar-refractivity contribution in [3.8, 4) is 22.6 Å². The molecule has 0 radical (unpaired) electrons. The molecule has 36 nitrogen and oxygen atoms in total. The van der Waals surface area contributed by atoms with Crippen LogP contribution in [0.15, 0.2) is 104 Å². The predicted molar refractivity (Wildman–Crippen MR) is 397 cm³/mol. The number of carboxylic acid groups (broad SMARTS) is 1. The van der Waals surface area contributed by atoms with Gasteiger partial charge in [-0.3, -0.25) is 57.5 Å². The number of ether oxygens (including phenoxy) is 2. The summed E-state index contributed by atoms with van der Waals surface area (Å²) < 4.78 is 26.7. The number of nitrogens with one attached hydrogen (secondary N) is 12. The molecule has 4 aromatic carbocycles. The van der Waals surface area contributed by atoms with Crippen LogP contribution in [0.2, 0.25) is 0 Å². The molecule has 0 saturated carbocycles. The van der Waals surface area contributed by atoms with Gasteiger partial charge in [0.05, 0.1) is 51.8 Å². The maximum absolute atomic E-state index is 15.5. The molecule has 0 saturated heterocycles. The fourth-order valence-corrected chi connectivity index (χ4v) is 11.4. The largest absolute Gasteiger partial charge is 0.497 e. The second-order valence-electron chi connectivity index (χ2n) is 27.1. The van der Waals surface area contributed by atoms with E-state index in [1.54, 1.807) is 55.8 Å². The number of hydrogen-bond acceptors (Lipinski definition) is 22. The van der Waals surface area contributed by atoms with Crippen molar-refractivity contribution in [2.75, 3.05) is 40.0 Å². The highest BCUT2D eigenvalue weighted by Crippen LogP contribution is 2.29. The number of H-pyrrole nitrogens is 2. The highest BCUT2D eigenvalue weighted by molar-refractivity contribution is 6.06. The van der Waals surface area contributed by atoms with Crippen LogP contribution in [-0.4, -0.2) is 222 Å². The highest BCUT2D eigenvalue weighted by atomic mass is 19.1. The van der Waals surface area contributed by atoms with Gasteiger partial charge < -0.3 is 99.5 Å². The number of tetrazole rings is 1. The van der Waals surface area contributed by atoms with Crippen LogP contribution < -0.4 is 74.1 Å². The van der Waals surface area contributed by atoms with Crippen LogP contribution in [0.1, 0.15) is 107 Å². The molecule has 0 aliphatic heterocycles. The van der Waals surface area contributed by atoms with Gasteiger partial charge in [-0.25, -0.2) is 9.37 Å². The quantitative estimate of drug-likeness (QED) is 0.0144. The molecule has 6 aromatic rings. The van der Waals surface area contributed by atoms with Gasteiger partial charge in [-0.1, -0.05) is 72.8 Å². The number of aliphatic hydroxyl groups excluding tert-OH is 3. The Morgan fingerprint density at radius 3 is 1.89 bits per heavy atom. The molecule has 2 heterocycles. The molecule has 37 heteroatoms. The Morgan fingerprint density at radius 2 is 1.28 bits per heavy atom. The zero-order valence-corrected chi connectivity index (χ0v) is 62.7. The summed E-state index contributed by atoms with van der Waals surface area (Å²) >= 11 is 0. The van der Waals surface area contributed by atoms with Crippen molar-refractivity contribution >= 4 is 70.9 Å². The highest BCUT2D eigenvalue weighted by Gasteiger charge is 2.43. The van der Waals surface area contributed by atoms with Crippen molar-refractivity contribution in [3.63, 3.8) is 0 Å². The first-order chi connectivity index (χ1) is 52.8. The fourth-order valence-electron chi connectivity index (χ4n) is 11.4. The third kappa shape index (κ3) is 27.1. The first kappa shape index (κ1) is 88.1. The number of unbranched alkanes of at least 4 members (excludes halogenated alkanes) is 1. The van der Waals surface area contributed by atoms with Crippen LogP contribution in [0.5, 0.6) is 11.5 Å². The van der Waals surface area contributed by atoms with E-state index in [-0.39, 0.29) is 30.8 Å². The average molecular weight is 1550 g/mol. The lowest BCUT2D eigenvalue weighted by atomic mass is 9.90. The molecule has 10 atom stereocenters. The molecule has 0 fully saturated rings. The first-order valence-corrected chi connectivity index (χ1v) is 35.9. The summed E-state index contributed by atoms with van der Waals surface area (Å²) in [6, 6.07) is 12.1. The first-order valence-electron chi connectivity index (χ1n) is 35.9. The maximum atomic E-state index is 15.5. The molecule has 0 aliphatic rings. The minimum absolute atomic E-state index is 0.0439. The second kappa shape index (κ2) is 42.8. The van der Waals surface area contributed by atoms with Crippen molar-refractivity contribution in [1.29, 1.82) is 0 Å². The minimum atomic E-state index is -2.40. The number of amides is 11. The number of carboxylic acids is 1. The summed E-state index contributed by atoms with van der Waals surface area (Å²) in [5.41, 5.74) is 11.7. The van der Waals surface area contributed by atoms with Crippen molar-refractivity contribution in [3.05, 3.63) is 143 Å². The number of rotatable bonds is 46. The summed E-state index contributed by atoms with van der Waals surface area (Å²) in [6.45, 7) is 6.68. The minimum Gasteiger partial charge on any atom is -0.497 e. The molecule has 0 bridgehead atoms. The van der Waals surface area contributed by atoms with Crippen LogP contribution in [0.25, 0.3) is 11.1 Å². The van der Waals surface area contributed by atoms with Gasteiger partial charge in [-0.15, -0.1) is 10.2 Å². The van der Waals surface area contributed by atoms with Gasteiger partial charge in [0.2, 0.25) is 65.0 Å². The Bertz CT molecular complexity index is 4130. The van der Waals surface area contributed by atoms with Crippen molar-refractivity contribution in [2.24, 2.45) is 16.9 Å². The Hall–Kier alpha value is -11.8. The number of imidazole rings is 1. The Kier molecular flexibility index (Phi) is 34.0. The van der Waals surface area contributed by atoms with E-state index in [0.29, 0.717) is 61.6 Å². The normalized spacial score (nSPS) is 14.2. The molecule has 20 N–H and O–H groups in total. The molecule has 0 spiro atoms. The van der Waals surface area contributed by atoms with E-state index in [2.05, 4.69) is 83.8 Å². The van der Waals surface area contributed by atoms with Gasteiger partial charge in [0.1, 0.15) is 70.6 Å². The van der Waals surface area contributed by atoms with Crippen LogP contribution in [0.3, 0.4) is 0 Å². The summed E-state index contributed by atoms with van der Waals surface area (Å²) in [4.78, 5) is 173. The smallest absolute Gasteiger partial charge is 0.305 e. The van der Waals surface area contributed by atoms with E-state index in [1.807, 2.05) is 31.2 Å². The second-order valence-corrected chi connectivity index (χ2v) is 27.1. The van der Waals surface area contributed by atoms with Crippen LogP contribution in [-0.2, 0) is 96.1 Å². The Balaban J connectivity index is 1.16. The fraction of sp³-hybridized carbons (Fsp3) is 0.459. The van der Waals surface area contributed by atoms with E-state index < -0.39 is 175 Å². The zero-order valence-electron chi connectivity index (χ0n) is 62.7. The Labute approximate surface area is 638 Å². The number of hydrogen-bond donors (Lipinski definition) is 18. The topological polar surface area (TPSA) is 560 Å². The van der Waals surface area contributed by atoms with Gasteiger partial charge in [0.15, 0.2) is 5.82 Å². The summed E-state index contributed by atoms with van der Waals surface area (Å²) in [5, 5.41) is 79.7. The van der Waals surface area contributed by atoms with Crippen LogP contribution in [0, 0.1) is 11.2 Å². The van der Waals surface area contributed by atoms with E-state index in [9.17, 15) is 78.0 Å². The number of aliphatic carboxylic acids is 1.